The van der Waals surface area contributed by atoms with E-state index in [1.807, 2.05) is 31.2 Å². The summed E-state index contributed by atoms with van der Waals surface area (Å²) in [6.45, 7) is 5.20. The van der Waals surface area contributed by atoms with Crippen molar-refractivity contribution in [3.8, 4) is 5.75 Å². The van der Waals surface area contributed by atoms with Crippen LogP contribution in [0.3, 0.4) is 0 Å². The Balaban J connectivity index is 0.00000363. The van der Waals surface area contributed by atoms with Crippen LogP contribution in [0, 0.1) is 0 Å². The van der Waals surface area contributed by atoms with E-state index in [2.05, 4.69) is 56.2 Å². The van der Waals surface area contributed by atoms with Crippen molar-refractivity contribution in [2.24, 2.45) is 4.99 Å². The number of carbonyl (C=O) groups excluding carboxylic acids is 1. The molecule has 1 aliphatic heterocycles. The third-order valence-corrected chi connectivity index (χ3v) is 5.28. The molecule has 1 fully saturated rings. The minimum absolute atomic E-state index is 0. The number of halogens is 1. The van der Waals surface area contributed by atoms with E-state index >= 15 is 0 Å². The molecule has 0 bridgehead atoms. The first-order valence-corrected chi connectivity index (χ1v) is 10.9. The lowest BCUT2D eigenvalue weighted by Gasteiger charge is -2.34. The maximum atomic E-state index is 11.6. The predicted octanol–water partition coefficient (Wildman–Crippen LogP) is 3.15. The van der Waals surface area contributed by atoms with Crippen molar-refractivity contribution < 1.29 is 9.53 Å². The van der Waals surface area contributed by atoms with Crippen molar-refractivity contribution in [3.05, 3.63) is 60.2 Å². The largest absolute Gasteiger partial charge is 0.484 e. The molecule has 2 aromatic rings. The number of rotatable bonds is 8. The third kappa shape index (κ3) is 8.22. The van der Waals surface area contributed by atoms with Gasteiger partial charge < -0.3 is 25.6 Å². The molecule has 0 aliphatic carbocycles. The van der Waals surface area contributed by atoms with Crippen LogP contribution in [0.2, 0.25) is 0 Å². The Bertz CT molecular complexity index is 854. The molecule has 7 nitrogen and oxygen atoms in total. The Morgan fingerprint density at radius 3 is 2.53 bits per heavy atom. The molecule has 0 aromatic heterocycles. The van der Waals surface area contributed by atoms with Gasteiger partial charge in [0.15, 0.2) is 12.6 Å². The number of aliphatic imine (C=N–C) groups is 1. The number of hydrogen-bond donors (Lipinski definition) is 3. The number of benzene rings is 2. The topological polar surface area (TPSA) is 78.0 Å². The zero-order valence-electron chi connectivity index (χ0n) is 18.8. The van der Waals surface area contributed by atoms with Crippen molar-refractivity contribution >= 4 is 41.5 Å². The van der Waals surface area contributed by atoms with Crippen LogP contribution in [0.25, 0.3) is 0 Å². The molecule has 0 atom stereocenters. The van der Waals surface area contributed by atoms with Gasteiger partial charge in [0.1, 0.15) is 5.75 Å². The molecule has 1 amide bonds. The number of carbonyl (C=O) groups is 1. The molecule has 1 saturated heterocycles. The Labute approximate surface area is 208 Å². The highest BCUT2D eigenvalue weighted by molar-refractivity contribution is 14.0. The smallest absolute Gasteiger partial charge is 0.257 e. The second-order valence-electron chi connectivity index (χ2n) is 7.56. The van der Waals surface area contributed by atoms with Crippen molar-refractivity contribution in [1.82, 2.24) is 16.0 Å². The lowest BCUT2D eigenvalue weighted by atomic mass is 10.0. The summed E-state index contributed by atoms with van der Waals surface area (Å²) in [5.41, 5.74) is 2.35. The van der Waals surface area contributed by atoms with Crippen LogP contribution in [0.1, 0.15) is 25.3 Å². The number of nitrogens with zero attached hydrogens (tertiary/aromatic N) is 2. The molecule has 0 radical (unpaired) electrons. The summed E-state index contributed by atoms with van der Waals surface area (Å²) in [6, 6.07) is 18.7. The second kappa shape index (κ2) is 13.8. The van der Waals surface area contributed by atoms with Gasteiger partial charge in [0.25, 0.3) is 5.91 Å². The highest BCUT2D eigenvalue weighted by atomic mass is 127. The van der Waals surface area contributed by atoms with E-state index in [1.54, 1.807) is 7.05 Å². The number of guanidine groups is 1. The number of hydrogen-bond acceptors (Lipinski definition) is 4. The monoisotopic (exact) mass is 551 g/mol. The SMILES string of the molecule is CCNC(=O)COc1cccc(CNC(=NC)NC2CCN(c3ccccc3)CC2)c1.I. The van der Waals surface area contributed by atoms with Crippen molar-refractivity contribution in [2.75, 3.05) is 38.2 Å². The van der Waals surface area contributed by atoms with Crippen LogP contribution in [-0.2, 0) is 11.3 Å². The summed E-state index contributed by atoms with van der Waals surface area (Å²) < 4.78 is 5.57. The minimum atomic E-state index is -0.117. The van der Waals surface area contributed by atoms with Crippen LogP contribution < -0.4 is 25.6 Å². The first kappa shape index (κ1) is 25.8. The van der Waals surface area contributed by atoms with Crippen LogP contribution in [0.4, 0.5) is 5.69 Å². The molecule has 1 aliphatic rings. The number of nitrogens with one attached hydrogen (secondary N) is 3. The fraction of sp³-hybridized carbons (Fsp3) is 0.417. The Morgan fingerprint density at radius 1 is 1.09 bits per heavy atom. The average Bonchev–Trinajstić information content (AvgIpc) is 2.82. The van der Waals surface area contributed by atoms with Crippen LogP contribution in [-0.4, -0.2) is 51.2 Å². The molecule has 3 rings (SSSR count). The Hall–Kier alpha value is -2.49. The van der Waals surface area contributed by atoms with Gasteiger partial charge in [0.2, 0.25) is 0 Å². The number of para-hydroxylation sites is 1. The van der Waals surface area contributed by atoms with E-state index in [1.165, 1.54) is 5.69 Å². The molecule has 0 unspecified atom stereocenters. The molecule has 1 heterocycles. The standard InChI is InChI=1S/C24H33N5O2.HI/c1-3-26-23(30)18-31-22-11-7-8-19(16-22)17-27-24(25-2)28-20-12-14-29(15-13-20)21-9-5-4-6-10-21;/h4-11,16,20H,3,12-15,17-18H2,1-2H3,(H,26,30)(H2,25,27,28);1H. The lowest BCUT2D eigenvalue weighted by Crippen LogP contribution is -2.48. The maximum absolute atomic E-state index is 11.6. The zero-order chi connectivity index (χ0) is 21.9. The third-order valence-electron chi connectivity index (χ3n) is 5.28. The van der Waals surface area contributed by atoms with E-state index in [9.17, 15) is 4.79 Å². The van der Waals surface area contributed by atoms with Gasteiger partial charge in [0.05, 0.1) is 0 Å². The summed E-state index contributed by atoms with van der Waals surface area (Å²) >= 11 is 0. The van der Waals surface area contributed by atoms with Gasteiger partial charge in [-0.15, -0.1) is 24.0 Å². The molecular weight excluding hydrogens is 517 g/mol. The van der Waals surface area contributed by atoms with Gasteiger partial charge in [0, 0.05) is 45.0 Å². The highest BCUT2D eigenvalue weighted by Crippen LogP contribution is 2.19. The number of ether oxygens (including phenoxy) is 1. The summed E-state index contributed by atoms with van der Waals surface area (Å²) in [4.78, 5) is 18.4. The van der Waals surface area contributed by atoms with Crippen LogP contribution >= 0.6 is 24.0 Å². The van der Waals surface area contributed by atoms with Crippen molar-refractivity contribution in [1.29, 1.82) is 0 Å². The van der Waals surface area contributed by atoms with Crippen LogP contribution in [0.5, 0.6) is 5.75 Å². The zero-order valence-corrected chi connectivity index (χ0v) is 21.2. The Morgan fingerprint density at radius 2 is 1.84 bits per heavy atom. The van der Waals surface area contributed by atoms with E-state index in [4.69, 9.17) is 4.74 Å². The molecule has 2 aromatic carbocycles. The minimum Gasteiger partial charge on any atom is -0.484 e. The normalized spacial score (nSPS) is 14.3. The van der Waals surface area contributed by atoms with Crippen LogP contribution in [0.15, 0.2) is 59.6 Å². The number of anilines is 1. The fourth-order valence-corrected chi connectivity index (χ4v) is 3.64. The molecule has 32 heavy (non-hydrogen) atoms. The van der Waals surface area contributed by atoms with E-state index in [-0.39, 0.29) is 36.5 Å². The molecule has 0 saturated carbocycles. The molecule has 0 spiro atoms. The molecule has 174 valence electrons. The Kier molecular flexibility index (Phi) is 11.1. The average molecular weight is 551 g/mol. The molecule has 8 heteroatoms. The van der Waals surface area contributed by atoms with Gasteiger partial charge in [-0.2, -0.15) is 0 Å². The van der Waals surface area contributed by atoms with E-state index < -0.39 is 0 Å². The van der Waals surface area contributed by atoms with Gasteiger partial charge in [-0.05, 0) is 49.6 Å². The first-order valence-electron chi connectivity index (χ1n) is 10.9. The summed E-state index contributed by atoms with van der Waals surface area (Å²) in [5, 5.41) is 9.65. The number of likely N-dealkylation sites (N-methyl/N-ethyl adjacent to an activating group) is 1. The number of amides is 1. The first-order chi connectivity index (χ1) is 15.2. The lowest BCUT2D eigenvalue weighted by molar-refractivity contribution is -0.122. The van der Waals surface area contributed by atoms with Gasteiger partial charge in [-0.3, -0.25) is 9.79 Å². The fourth-order valence-electron chi connectivity index (χ4n) is 3.64. The van der Waals surface area contributed by atoms with Gasteiger partial charge >= 0.3 is 0 Å². The summed E-state index contributed by atoms with van der Waals surface area (Å²) in [5.74, 6) is 1.36. The summed E-state index contributed by atoms with van der Waals surface area (Å²) in [7, 11) is 1.79. The number of piperidine rings is 1. The molecule has 3 N–H and O–H groups in total. The predicted molar refractivity (Wildman–Crippen MR) is 141 cm³/mol. The second-order valence-corrected chi connectivity index (χ2v) is 7.56. The summed E-state index contributed by atoms with van der Waals surface area (Å²) in [6.07, 6.45) is 2.14. The quantitative estimate of drug-likeness (QED) is 0.267. The van der Waals surface area contributed by atoms with Crippen molar-refractivity contribution in [2.45, 2.75) is 32.4 Å². The maximum Gasteiger partial charge on any atom is 0.257 e. The van der Waals surface area contributed by atoms with Gasteiger partial charge in [-0.1, -0.05) is 30.3 Å². The van der Waals surface area contributed by atoms with Crippen molar-refractivity contribution in [3.63, 3.8) is 0 Å². The van der Waals surface area contributed by atoms with Gasteiger partial charge in [-0.25, -0.2) is 0 Å². The van der Waals surface area contributed by atoms with E-state index in [0.717, 1.165) is 37.5 Å². The highest BCUT2D eigenvalue weighted by Gasteiger charge is 2.20. The molecular formula is C24H34IN5O2. The van der Waals surface area contributed by atoms with E-state index in [0.29, 0.717) is 24.9 Å².